The van der Waals surface area contributed by atoms with Crippen molar-refractivity contribution in [2.75, 3.05) is 5.32 Å². The molecule has 0 aliphatic rings. The van der Waals surface area contributed by atoms with Crippen LogP contribution in [0.2, 0.25) is 0 Å². The molecule has 0 radical (unpaired) electrons. The van der Waals surface area contributed by atoms with Crippen LogP contribution in [0.1, 0.15) is 5.56 Å². The third-order valence-corrected chi connectivity index (χ3v) is 5.49. The van der Waals surface area contributed by atoms with Gasteiger partial charge in [0.05, 0.1) is 34.8 Å². The quantitative estimate of drug-likeness (QED) is 0.356. The fraction of sp³-hybridized carbons (Fsp3) is 0.0952. The minimum absolute atomic E-state index is 0.211. The lowest BCUT2D eigenvalue weighted by Gasteiger charge is -2.10. The van der Waals surface area contributed by atoms with E-state index in [1.807, 2.05) is 66.2 Å². The lowest BCUT2D eigenvalue weighted by Crippen LogP contribution is -2.11. The number of anilines is 2. The maximum Gasteiger partial charge on any atom is 0.245 e. The number of benzene rings is 2. The maximum atomic E-state index is 11.0. The Hall–Kier alpha value is -3.76. The van der Waals surface area contributed by atoms with Gasteiger partial charge in [0.1, 0.15) is 0 Å². The Bertz CT molecular complexity index is 1480. The largest absolute Gasteiger partial charge is 0.334 e. The van der Waals surface area contributed by atoms with Gasteiger partial charge in [0.15, 0.2) is 0 Å². The SMILES string of the molecule is Cn1cnc2ccc(Nc3ncc4ccc(-c5ccccc5CN[SH](=O)=O)n4n3)cc21. The Morgan fingerprint density at radius 1 is 1.03 bits per heavy atom. The highest BCUT2D eigenvalue weighted by Crippen LogP contribution is 2.26. The van der Waals surface area contributed by atoms with Crippen LogP contribution in [0.15, 0.2) is 67.1 Å². The zero-order valence-electron chi connectivity index (χ0n) is 16.6. The number of fused-ring (bicyclic) bond motifs is 2. The van der Waals surface area contributed by atoms with E-state index in [0.717, 1.165) is 39.1 Å². The molecule has 2 aromatic carbocycles. The summed E-state index contributed by atoms with van der Waals surface area (Å²) in [7, 11) is -0.725. The van der Waals surface area contributed by atoms with E-state index >= 15 is 0 Å². The van der Waals surface area contributed by atoms with Crippen molar-refractivity contribution in [3.05, 3.63) is 72.7 Å². The second-order valence-electron chi connectivity index (χ2n) is 7.07. The topological polar surface area (TPSA) is 106 Å². The first kappa shape index (κ1) is 19.2. The molecule has 5 rings (SSSR count). The molecule has 0 saturated heterocycles. The first-order chi connectivity index (χ1) is 15.1. The molecule has 0 bridgehead atoms. The van der Waals surface area contributed by atoms with E-state index in [1.54, 1.807) is 17.0 Å². The lowest BCUT2D eigenvalue weighted by molar-refractivity contribution is 0.601. The highest BCUT2D eigenvalue weighted by Gasteiger charge is 2.12. The third-order valence-electron chi connectivity index (χ3n) is 5.07. The highest BCUT2D eigenvalue weighted by molar-refractivity contribution is 7.70. The molecule has 0 fully saturated rings. The first-order valence-corrected chi connectivity index (χ1v) is 10.8. The van der Waals surface area contributed by atoms with Crippen molar-refractivity contribution in [2.45, 2.75) is 6.54 Å². The number of hydrogen-bond donors (Lipinski definition) is 3. The van der Waals surface area contributed by atoms with Crippen LogP contribution in [-0.2, 0) is 24.5 Å². The average molecular weight is 433 g/mol. The van der Waals surface area contributed by atoms with Crippen molar-refractivity contribution in [1.82, 2.24) is 28.9 Å². The van der Waals surface area contributed by atoms with Crippen molar-refractivity contribution >= 4 is 39.1 Å². The minimum Gasteiger partial charge on any atom is -0.334 e. The summed E-state index contributed by atoms with van der Waals surface area (Å²) in [5.74, 6) is 0.449. The molecule has 3 heterocycles. The molecule has 0 atom stereocenters. The monoisotopic (exact) mass is 433 g/mol. The average Bonchev–Trinajstić information content (AvgIpc) is 3.36. The van der Waals surface area contributed by atoms with E-state index < -0.39 is 10.9 Å². The molecule has 9 nitrogen and oxygen atoms in total. The molecular formula is C21H19N7O2S. The Morgan fingerprint density at radius 3 is 2.77 bits per heavy atom. The molecule has 5 aromatic rings. The van der Waals surface area contributed by atoms with Gasteiger partial charge in [-0.1, -0.05) is 24.3 Å². The molecular weight excluding hydrogens is 414 g/mol. The summed E-state index contributed by atoms with van der Waals surface area (Å²) in [6, 6.07) is 17.4. The number of nitrogens with zero attached hydrogens (tertiary/aromatic N) is 5. The summed E-state index contributed by atoms with van der Waals surface area (Å²) in [5.41, 5.74) is 6.21. The zero-order valence-corrected chi connectivity index (χ0v) is 17.5. The minimum atomic E-state index is -2.67. The molecule has 2 N–H and O–H groups in total. The Kier molecular flexibility index (Phi) is 4.85. The van der Waals surface area contributed by atoms with E-state index in [1.165, 1.54) is 0 Å². The summed E-state index contributed by atoms with van der Waals surface area (Å²) < 4.78 is 28.2. The second-order valence-corrected chi connectivity index (χ2v) is 7.90. The maximum absolute atomic E-state index is 11.0. The molecule has 0 unspecified atom stereocenters. The molecule has 0 saturated carbocycles. The Balaban J connectivity index is 1.52. The van der Waals surface area contributed by atoms with Crippen LogP contribution in [0.25, 0.3) is 27.8 Å². The summed E-state index contributed by atoms with van der Waals surface area (Å²) >= 11 is 0. The molecule has 10 heteroatoms. The van der Waals surface area contributed by atoms with Gasteiger partial charge in [0, 0.05) is 24.8 Å². The van der Waals surface area contributed by atoms with Crippen LogP contribution in [0.5, 0.6) is 0 Å². The van der Waals surface area contributed by atoms with Crippen LogP contribution in [0.4, 0.5) is 11.6 Å². The van der Waals surface area contributed by atoms with E-state index in [-0.39, 0.29) is 6.54 Å². The number of aromatic nitrogens is 5. The summed E-state index contributed by atoms with van der Waals surface area (Å²) in [5, 5.41) is 7.92. The Morgan fingerprint density at radius 2 is 1.90 bits per heavy atom. The van der Waals surface area contributed by atoms with Gasteiger partial charge in [0.2, 0.25) is 16.8 Å². The standard InChI is InChI=1S/C21H19N7O2S/c1-27-13-23-18-8-6-15(10-20(18)27)25-21-22-12-16-7-9-19(28(16)26-21)17-5-3-2-4-14(17)11-24-31(29)30/h2-10,12-13,31H,11H2,1H3,(H,25,26)(H,24,29,30). The van der Waals surface area contributed by atoms with Gasteiger partial charge in [-0.3, -0.25) is 0 Å². The summed E-state index contributed by atoms with van der Waals surface area (Å²) in [6.07, 6.45) is 3.52. The van der Waals surface area contributed by atoms with Crippen molar-refractivity contribution in [3.8, 4) is 11.3 Å². The highest BCUT2D eigenvalue weighted by atomic mass is 32.2. The lowest BCUT2D eigenvalue weighted by atomic mass is 10.1. The molecule has 0 amide bonds. The van der Waals surface area contributed by atoms with Gasteiger partial charge in [0.25, 0.3) is 0 Å². The second kappa shape index (κ2) is 7.82. The van der Waals surface area contributed by atoms with Gasteiger partial charge in [-0.05, 0) is 35.9 Å². The van der Waals surface area contributed by atoms with E-state index in [4.69, 9.17) is 0 Å². The molecule has 0 aliphatic carbocycles. The molecule has 0 aliphatic heterocycles. The number of imidazole rings is 1. The predicted octanol–water partition coefficient (Wildman–Crippen LogP) is 2.64. The number of thiol groups is 1. The van der Waals surface area contributed by atoms with Crippen LogP contribution in [0.3, 0.4) is 0 Å². The van der Waals surface area contributed by atoms with Crippen molar-refractivity contribution in [2.24, 2.45) is 7.05 Å². The van der Waals surface area contributed by atoms with E-state index in [9.17, 15) is 8.42 Å². The molecule has 31 heavy (non-hydrogen) atoms. The van der Waals surface area contributed by atoms with Crippen LogP contribution in [0, 0.1) is 0 Å². The van der Waals surface area contributed by atoms with Crippen molar-refractivity contribution < 1.29 is 8.42 Å². The van der Waals surface area contributed by atoms with Gasteiger partial charge in [-0.2, -0.15) is 0 Å². The Labute approximate surface area is 179 Å². The smallest absolute Gasteiger partial charge is 0.245 e. The fourth-order valence-corrected chi connectivity index (χ4v) is 3.87. The van der Waals surface area contributed by atoms with Gasteiger partial charge < -0.3 is 9.88 Å². The fourth-order valence-electron chi connectivity index (χ4n) is 3.57. The third kappa shape index (κ3) is 3.74. The van der Waals surface area contributed by atoms with Crippen LogP contribution < -0.4 is 10.0 Å². The van der Waals surface area contributed by atoms with Gasteiger partial charge in [-0.25, -0.2) is 27.6 Å². The number of hydrogen-bond acceptors (Lipinski definition) is 6. The normalized spacial score (nSPS) is 11.5. The summed E-state index contributed by atoms with van der Waals surface area (Å²) in [4.78, 5) is 8.76. The molecule has 3 aromatic heterocycles. The number of nitrogens with one attached hydrogen (secondary N) is 2. The predicted molar refractivity (Wildman–Crippen MR) is 120 cm³/mol. The van der Waals surface area contributed by atoms with E-state index in [2.05, 4.69) is 25.1 Å². The van der Waals surface area contributed by atoms with Gasteiger partial charge >= 0.3 is 0 Å². The first-order valence-electron chi connectivity index (χ1n) is 9.57. The number of rotatable bonds is 6. The zero-order chi connectivity index (χ0) is 21.4. The van der Waals surface area contributed by atoms with Crippen molar-refractivity contribution in [3.63, 3.8) is 0 Å². The van der Waals surface area contributed by atoms with Crippen molar-refractivity contribution in [1.29, 1.82) is 0 Å². The molecule has 0 spiro atoms. The molecule has 156 valence electrons. The number of aryl methyl sites for hydroxylation is 1. The van der Waals surface area contributed by atoms with Crippen LogP contribution >= 0.6 is 0 Å². The van der Waals surface area contributed by atoms with Gasteiger partial charge in [-0.15, -0.1) is 5.10 Å². The van der Waals surface area contributed by atoms with E-state index in [0.29, 0.717) is 5.95 Å². The summed E-state index contributed by atoms with van der Waals surface area (Å²) in [6.45, 7) is 0.211. The van der Waals surface area contributed by atoms with Crippen LogP contribution in [-0.4, -0.2) is 32.6 Å².